The molecule has 146 valence electrons. The Morgan fingerprint density at radius 1 is 1.14 bits per heavy atom. The Morgan fingerprint density at radius 3 is 2.59 bits per heavy atom. The Kier molecular flexibility index (Phi) is 5.27. The molecular formula is C22H22N6O. The molecule has 0 spiro atoms. The van der Waals surface area contributed by atoms with Crippen molar-refractivity contribution >= 4 is 17.4 Å². The second-order valence-corrected chi connectivity index (χ2v) is 6.98. The topological polar surface area (TPSA) is 96.8 Å². The number of nitriles is 1. The summed E-state index contributed by atoms with van der Waals surface area (Å²) in [7, 11) is 0. The van der Waals surface area contributed by atoms with Crippen molar-refractivity contribution in [2.75, 3.05) is 36.4 Å². The molecule has 1 saturated heterocycles. The Balaban J connectivity index is 1.63. The van der Waals surface area contributed by atoms with Gasteiger partial charge in [-0.05, 0) is 30.3 Å². The first kappa shape index (κ1) is 18.7. The molecule has 3 heterocycles. The number of carbonyl (C=O) groups is 1. The van der Waals surface area contributed by atoms with Crippen LogP contribution in [0, 0.1) is 11.3 Å². The lowest BCUT2D eigenvalue weighted by molar-refractivity contribution is -0.114. The van der Waals surface area contributed by atoms with E-state index < -0.39 is 0 Å². The number of aromatic amines is 1. The van der Waals surface area contributed by atoms with Crippen LogP contribution in [0.3, 0.4) is 0 Å². The van der Waals surface area contributed by atoms with Gasteiger partial charge in [-0.15, -0.1) is 0 Å². The molecule has 1 aliphatic heterocycles. The molecule has 7 heteroatoms. The van der Waals surface area contributed by atoms with Crippen molar-refractivity contribution in [3.8, 4) is 28.6 Å². The Hall–Kier alpha value is -3.63. The number of hydrogen-bond acceptors (Lipinski definition) is 5. The number of pyridine rings is 1. The molecule has 0 unspecified atom stereocenters. The number of aromatic nitrogens is 2. The van der Waals surface area contributed by atoms with Crippen LogP contribution in [0.2, 0.25) is 0 Å². The SMILES string of the molecule is CC(=O)Nc1ccc(-c2cc(-c3cc(C#N)c(N4CCNCC4)[nH]3)ccn2)cc1. The molecule has 1 amide bonds. The van der Waals surface area contributed by atoms with Crippen LogP contribution in [0.25, 0.3) is 22.5 Å². The van der Waals surface area contributed by atoms with Crippen LogP contribution in [0.1, 0.15) is 12.5 Å². The number of rotatable bonds is 4. The first-order chi connectivity index (χ1) is 14.1. The zero-order valence-electron chi connectivity index (χ0n) is 16.2. The maximum atomic E-state index is 11.2. The molecule has 3 aromatic rings. The van der Waals surface area contributed by atoms with Gasteiger partial charge in [-0.2, -0.15) is 5.26 Å². The van der Waals surface area contributed by atoms with E-state index in [1.807, 2.05) is 42.5 Å². The number of nitrogens with zero attached hydrogens (tertiary/aromatic N) is 3. The first-order valence-corrected chi connectivity index (χ1v) is 9.57. The number of carbonyl (C=O) groups excluding carboxylic acids is 1. The average molecular weight is 386 g/mol. The highest BCUT2D eigenvalue weighted by Crippen LogP contribution is 2.29. The maximum Gasteiger partial charge on any atom is 0.221 e. The molecule has 1 aliphatic rings. The molecule has 0 aliphatic carbocycles. The summed E-state index contributed by atoms with van der Waals surface area (Å²) < 4.78 is 0. The highest BCUT2D eigenvalue weighted by atomic mass is 16.1. The third-order valence-corrected chi connectivity index (χ3v) is 4.92. The molecule has 29 heavy (non-hydrogen) atoms. The summed E-state index contributed by atoms with van der Waals surface area (Å²) in [5.74, 6) is 0.778. The second kappa shape index (κ2) is 8.17. The number of amides is 1. The number of hydrogen-bond donors (Lipinski definition) is 3. The lowest BCUT2D eigenvalue weighted by atomic mass is 10.1. The van der Waals surface area contributed by atoms with Crippen LogP contribution < -0.4 is 15.5 Å². The quantitative estimate of drug-likeness (QED) is 0.640. The van der Waals surface area contributed by atoms with Gasteiger partial charge in [0.25, 0.3) is 0 Å². The molecule has 0 atom stereocenters. The third-order valence-electron chi connectivity index (χ3n) is 4.92. The van der Waals surface area contributed by atoms with E-state index in [1.165, 1.54) is 6.92 Å². The third kappa shape index (κ3) is 4.13. The molecule has 1 fully saturated rings. The summed E-state index contributed by atoms with van der Waals surface area (Å²) >= 11 is 0. The van der Waals surface area contributed by atoms with Crippen molar-refractivity contribution < 1.29 is 4.79 Å². The normalized spacial score (nSPS) is 13.7. The van der Waals surface area contributed by atoms with Crippen molar-refractivity contribution in [1.29, 1.82) is 5.26 Å². The predicted octanol–water partition coefficient (Wildman–Crippen LogP) is 2.98. The summed E-state index contributed by atoms with van der Waals surface area (Å²) in [4.78, 5) is 21.3. The standard InChI is InChI=1S/C22H22N6O/c1-15(29)26-19-4-2-16(3-5-19)20-12-17(6-7-25-20)21-13-18(14-23)22(27-21)28-10-8-24-9-11-28/h2-7,12-13,24,27H,8-11H2,1H3,(H,26,29). The van der Waals surface area contributed by atoms with Crippen molar-refractivity contribution in [1.82, 2.24) is 15.3 Å². The van der Waals surface area contributed by atoms with E-state index in [9.17, 15) is 10.1 Å². The van der Waals surface area contributed by atoms with Gasteiger partial charge in [-0.3, -0.25) is 9.78 Å². The fourth-order valence-electron chi connectivity index (χ4n) is 3.51. The minimum Gasteiger partial charge on any atom is -0.355 e. The van der Waals surface area contributed by atoms with Crippen LogP contribution in [0.15, 0.2) is 48.7 Å². The van der Waals surface area contributed by atoms with Gasteiger partial charge < -0.3 is 20.5 Å². The predicted molar refractivity (Wildman–Crippen MR) is 114 cm³/mol. The molecule has 3 N–H and O–H groups in total. The van der Waals surface area contributed by atoms with Crippen LogP contribution in [0.4, 0.5) is 11.5 Å². The average Bonchev–Trinajstić information content (AvgIpc) is 3.19. The van der Waals surface area contributed by atoms with Gasteiger partial charge in [0.2, 0.25) is 5.91 Å². The lowest BCUT2D eigenvalue weighted by Gasteiger charge is -2.28. The van der Waals surface area contributed by atoms with Gasteiger partial charge in [-0.25, -0.2) is 0 Å². The number of piperazine rings is 1. The van der Waals surface area contributed by atoms with Gasteiger partial charge in [0.1, 0.15) is 11.9 Å². The Morgan fingerprint density at radius 2 is 1.90 bits per heavy atom. The zero-order valence-corrected chi connectivity index (χ0v) is 16.2. The minimum atomic E-state index is -0.0989. The van der Waals surface area contributed by atoms with Crippen LogP contribution >= 0.6 is 0 Å². The van der Waals surface area contributed by atoms with Crippen molar-refractivity contribution in [3.05, 3.63) is 54.2 Å². The first-order valence-electron chi connectivity index (χ1n) is 9.57. The Labute approximate surface area is 169 Å². The summed E-state index contributed by atoms with van der Waals surface area (Å²) in [6.07, 6.45) is 1.77. The molecule has 0 bridgehead atoms. The maximum absolute atomic E-state index is 11.2. The molecule has 7 nitrogen and oxygen atoms in total. The molecule has 2 aromatic heterocycles. The fraction of sp³-hybridized carbons (Fsp3) is 0.227. The molecule has 0 saturated carbocycles. The monoisotopic (exact) mass is 386 g/mol. The fourth-order valence-corrected chi connectivity index (χ4v) is 3.51. The number of benzene rings is 1. The van der Waals surface area contributed by atoms with Crippen molar-refractivity contribution in [3.63, 3.8) is 0 Å². The van der Waals surface area contributed by atoms with E-state index in [4.69, 9.17) is 0 Å². The van der Waals surface area contributed by atoms with Gasteiger partial charge in [0.05, 0.1) is 11.3 Å². The Bertz CT molecular complexity index is 1060. The summed E-state index contributed by atoms with van der Waals surface area (Å²) in [5, 5.41) is 15.7. The van der Waals surface area contributed by atoms with E-state index in [-0.39, 0.29) is 5.91 Å². The van der Waals surface area contributed by atoms with E-state index in [0.29, 0.717) is 5.56 Å². The van der Waals surface area contributed by atoms with E-state index in [2.05, 4.69) is 31.6 Å². The number of H-pyrrole nitrogens is 1. The van der Waals surface area contributed by atoms with Crippen LogP contribution in [-0.4, -0.2) is 42.1 Å². The number of nitrogens with one attached hydrogen (secondary N) is 3. The van der Waals surface area contributed by atoms with Gasteiger partial charge in [-0.1, -0.05) is 12.1 Å². The van der Waals surface area contributed by atoms with Gasteiger partial charge >= 0.3 is 0 Å². The summed E-state index contributed by atoms with van der Waals surface area (Å²) in [6.45, 7) is 5.05. The molecule has 0 radical (unpaired) electrons. The minimum absolute atomic E-state index is 0.0989. The van der Waals surface area contributed by atoms with Crippen LogP contribution in [-0.2, 0) is 4.79 Å². The van der Waals surface area contributed by atoms with Crippen molar-refractivity contribution in [2.24, 2.45) is 0 Å². The number of anilines is 2. The van der Waals surface area contributed by atoms with Gasteiger partial charge in [0.15, 0.2) is 0 Å². The lowest BCUT2D eigenvalue weighted by Crippen LogP contribution is -2.44. The van der Waals surface area contributed by atoms with Crippen molar-refractivity contribution in [2.45, 2.75) is 6.92 Å². The van der Waals surface area contributed by atoms with E-state index >= 15 is 0 Å². The van der Waals surface area contributed by atoms with E-state index in [1.54, 1.807) is 6.20 Å². The molecule has 4 rings (SSSR count). The zero-order chi connectivity index (χ0) is 20.2. The van der Waals surface area contributed by atoms with E-state index in [0.717, 1.165) is 60.2 Å². The molecule has 1 aromatic carbocycles. The highest BCUT2D eigenvalue weighted by Gasteiger charge is 2.18. The molecular weight excluding hydrogens is 364 g/mol. The van der Waals surface area contributed by atoms with Gasteiger partial charge in [0, 0.05) is 61.8 Å². The highest BCUT2D eigenvalue weighted by molar-refractivity contribution is 5.89. The summed E-state index contributed by atoms with van der Waals surface area (Å²) in [5.41, 5.74) is 5.05. The van der Waals surface area contributed by atoms with Crippen LogP contribution in [0.5, 0.6) is 0 Å². The largest absolute Gasteiger partial charge is 0.355 e. The smallest absolute Gasteiger partial charge is 0.221 e. The summed E-state index contributed by atoms with van der Waals surface area (Å²) in [6, 6.07) is 15.7. The second-order valence-electron chi connectivity index (χ2n) is 6.98.